The summed E-state index contributed by atoms with van der Waals surface area (Å²) in [6, 6.07) is 6.04. The lowest BCUT2D eigenvalue weighted by atomic mass is 10.2. The zero-order valence-electron chi connectivity index (χ0n) is 17.0. The van der Waals surface area contributed by atoms with Gasteiger partial charge in [-0.25, -0.2) is 4.99 Å². The van der Waals surface area contributed by atoms with Gasteiger partial charge in [-0.1, -0.05) is 12.8 Å². The molecule has 1 aliphatic rings. The second-order valence-corrected chi connectivity index (χ2v) is 6.60. The van der Waals surface area contributed by atoms with E-state index in [1.807, 2.05) is 25.1 Å². The highest BCUT2D eigenvalue weighted by molar-refractivity contribution is 14.0. The maximum Gasteiger partial charge on any atom is 0.221 e. The average Bonchev–Trinajstić information content (AvgIpc) is 3.18. The monoisotopic (exact) mass is 504 g/mol. The Balaban J connectivity index is 0.00000392. The Bertz CT molecular complexity index is 634. The maximum atomic E-state index is 12.0. The molecule has 0 saturated heterocycles. The van der Waals surface area contributed by atoms with Gasteiger partial charge < -0.3 is 25.4 Å². The third-order valence-electron chi connectivity index (χ3n) is 4.61. The van der Waals surface area contributed by atoms with Crippen molar-refractivity contribution in [2.24, 2.45) is 4.99 Å². The number of carbonyl (C=O) groups is 1. The molecule has 0 unspecified atom stereocenters. The highest BCUT2D eigenvalue weighted by Crippen LogP contribution is 2.25. The van der Waals surface area contributed by atoms with Crippen molar-refractivity contribution < 1.29 is 14.3 Å². The lowest BCUT2D eigenvalue weighted by Gasteiger charge is -2.14. The van der Waals surface area contributed by atoms with Gasteiger partial charge >= 0.3 is 0 Å². The SMILES string of the molecule is CCNC(=NCc1ccc(OC)cc1OC)NCCC(=O)NC1CCCC1.I. The molecule has 0 bridgehead atoms. The van der Waals surface area contributed by atoms with Crippen LogP contribution >= 0.6 is 24.0 Å². The first-order chi connectivity index (χ1) is 13.2. The molecule has 2 rings (SSSR count). The van der Waals surface area contributed by atoms with Crippen molar-refractivity contribution in [2.45, 2.75) is 51.6 Å². The summed E-state index contributed by atoms with van der Waals surface area (Å²) >= 11 is 0. The molecule has 1 saturated carbocycles. The Morgan fingerprint density at radius 3 is 2.57 bits per heavy atom. The number of hydrogen-bond acceptors (Lipinski definition) is 4. The maximum absolute atomic E-state index is 12.0. The Labute approximate surface area is 185 Å². The molecule has 0 atom stereocenters. The van der Waals surface area contributed by atoms with E-state index in [0.717, 1.165) is 36.4 Å². The molecule has 0 aromatic heterocycles. The second kappa shape index (κ2) is 13.5. The smallest absolute Gasteiger partial charge is 0.221 e. The minimum Gasteiger partial charge on any atom is -0.497 e. The van der Waals surface area contributed by atoms with Crippen LogP contribution in [0.2, 0.25) is 0 Å². The molecule has 1 aromatic carbocycles. The van der Waals surface area contributed by atoms with Gasteiger partial charge in [0.1, 0.15) is 11.5 Å². The minimum atomic E-state index is 0. The molecular formula is C20H33IN4O3. The summed E-state index contributed by atoms with van der Waals surface area (Å²) in [5.74, 6) is 2.27. The van der Waals surface area contributed by atoms with Crippen LogP contribution in [0.3, 0.4) is 0 Å². The molecule has 3 N–H and O–H groups in total. The first kappa shape index (κ1) is 24.3. The standard InChI is InChI=1S/C20H32N4O3.HI/c1-4-21-20(22-12-11-19(25)24-16-7-5-6-8-16)23-14-15-9-10-17(26-2)13-18(15)27-3;/h9-10,13,16H,4-8,11-12,14H2,1-3H3,(H,24,25)(H2,21,22,23);1H. The number of benzene rings is 1. The van der Waals surface area contributed by atoms with E-state index < -0.39 is 0 Å². The molecule has 0 radical (unpaired) electrons. The van der Waals surface area contributed by atoms with Crippen LogP contribution in [0.15, 0.2) is 23.2 Å². The van der Waals surface area contributed by atoms with Crippen molar-refractivity contribution in [3.63, 3.8) is 0 Å². The van der Waals surface area contributed by atoms with Gasteiger partial charge in [0.15, 0.2) is 5.96 Å². The summed E-state index contributed by atoms with van der Waals surface area (Å²) < 4.78 is 10.6. The van der Waals surface area contributed by atoms with Gasteiger partial charge in [0.2, 0.25) is 5.91 Å². The lowest BCUT2D eigenvalue weighted by Crippen LogP contribution is -2.40. The number of rotatable bonds is 9. The number of hydrogen-bond donors (Lipinski definition) is 3. The van der Waals surface area contributed by atoms with E-state index >= 15 is 0 Å². The third-order valence-corrected chi connectivity index (χ3v) is 4.61. The van der Waals surface area contributed by atoms with Crippen molar-refractivity contribution >= 4 is 35.8 Å². The molecule has 1 amide bonds. The number of carbonyl (C=O) groups excluding carboxylic acids is 1. The Hall–Kier alpha value is -1.71. The molecule has 158 valence electrons. The van der Waals surface area contributed by atoms with Gasteiger partial charge in [0.05, 0.1) is 20.8 Å². The molecular weight excluding hydrogens is 471 g/mol. The van der Waals surface area contributed by atoms with Crippen LogP contribution in [0, 0.1) is 0 Å². The fraction of sp³-hybridized carbons (Fsp3) is 0.600. The van der Waals surface area contributed by atoms with Crippen molar-refractivity contribution in [2.75, 3.05) is 27.3 Å². The van der Waals surface area contributed by atoms with E-state index in [1.165, 1.54) is 12.8 Å². The number of aliphatic imine (C=N–C) groups is 1. The molecule has 28 heavy (non-hydrogen) atoms. The van der Waals surface area contributed by atoms with Gasteiger partial charge in [-0.3, -0.25) is 4.79 Å². The number of nitrogens with one attached hydrogen (secondary N) is 3. The first-order valence-electron chi connectivity index (χ1n) is 9.68. The molecule has 0 spiro atoms. The van der Waals surface area contributed by atoms with Crippen LogP contribution in [0.25, 0.3) is 0 Å². The van der Waals surface area contributed by atoms with Gasteiger partial charge in [-0.15, -0.1) is 24.0 Å². The van der Waals surface area contributed by atoms with Gasteiger partial charge in [-0.2, -0.15) is 0 Å². The summed E-state index contributed by atoms with van der Waals surface area (Å²) in [4.78, 5) is 16.6. The van der Waals surface area contributed by atoms with E-state index in [-0.39, 0.29) is 29.9 Å². The topological polar surface area (TPSA) is 84.0 Å². The van der Waals surface area contributed by atoms with Crippen molar-refractivity contribution in [3.05, 3.63) is 23.8 Å². The summed E-state index contributed by atoms with van der Waals surface area (Å²) in [7, 11) is 3.26. The average molecular weight is 504 g/mol. The van der Waals surface area contributed by atoms with Gasteiger partial charge in [0, 0.05) is 37.2 Å². The van der Waals surface area contributed by atoms with Gasteiger partial charge in [-0.05, 0) is 31.9 Å². The predicted octanol–water partition coefficient (Wildman–Crippen LogP) is 2.83. The first-order valence-corrected chi connectivity index (χ1v) is 9.68. The molecule has 1 aromatic rings. The number of amides is 1. The van der Waals surface area contributed by atoms with E-state index in [2.05, 4.69) is 20.9 Å². The van der Waals surface area contributed by atoms with Crippen LogP contribution in [-0.4, -0.2) is 45.2 Å². The van der Waals surface area contributed by atoms with Crippen LogP contribution in [0.1, 0.15) is 44.6 Å². The largest absolute Gasteiger partial charge is 0.497 e. The molecule has 0 heterocycles. The molecule has 0 aliphatic heterocycles. The fourth-order valence-electron chi connectivity index (χ4n) is 3.15. The summed E-state index contributed by atoms with van der Waals surface area (Å²) in [6.45, 7) is 3.78. The Morgan fingerprint density at radius 1 is 1.18 bits per heavy atom. The minimum absolute atomic E-state index is 0. The highest BCUT2D eigenvalue weighted by Gasteiger charge is 2.16. The predicted molar refractivity (Wildman–Crippen MR) is 123 cm³/mol. The molecule has 1 aliphatic carbocycles. The van der Waals surface area contributed by atoms with Crippen LogP contribution in [0.5, 0.6) is 11.5 Å². The highest BCUT2D eigenvalue weighted by atomic mass is 127. The number of guanidine groups is 1. The Morgan fingerprint density at radius 2 is 1.93 bits per heavy atom. The molecule has 1 fully saturated rings. The van der Waals surface area contributed by atoms with Crippen molar-refractivity contribution in [3.8, 4) is 11.5 Å². The fourth-order valence-corrected chi connectivity index (χ4v) is 3.15. The molecule has 7 nitrogen and oxygen atoms in total. The summed E-state index contributed by atoms with van der Waals surface area (Å²) in [6.07, 6.45) is 5.08. The van der Waals surface area contributed by atoms with Crippen LogP contribution in [0.4, 0.5) is 0 Å². The third kappa shape index (κ3) is 8.12. The second-order valence-electron chi connectivity index (χ2n) is 6.60. The molecule has 8 heteroatoms. The number of halogens is 1. The number of methoxy groups -OCH3 is 2. The quantitative estimate of drug-likeness (QED) is 0.274. The van der Waals surface area contributed by atoms with E-state index in [4.69, 9.17) is 9.47 Å². The van der Waals surface area contributed by atoms with E-state index in [1.54, 1.807) is 14.2 Å². The zero-order chi connectivity index (χ0) is 19.5. The van der Waals surface area contributed by atoms with Crippen molar-refractivity contribution in [1.29, 1.82) is 0 Å². The summed E-state index contributed by atoms with van der Waals surface area (Å²) in [5.41, 5.74) is 0.967. The lowest BCUT2D eigenvalue weighted by molar-refractivity contribution is -0.121. The number of nitrogens with zero attached hydrogens (tertiary/aromatic N) is 1. The van der Waals surface area contributed by atoms with E-state index in [9.17, 15) is 4.79 Å². The van der Waals surface area contributed by atoms with Crippen molar-refractivity contribution in [1.82, 2.24) is 16.0 Å². The van der Waals surface area contributed by atoms with Gasteiger partial charge in [0.25, 0.3) is 0 Å². The summed E-state index contributed by atoms with van der Waals surface area (Å²) in [5, 5.41) is 9.52. The van der Waals surface area contributed by atoms with E-state index in [0.29, 0.717) is 31.5 Å². The normalized spacial score (nSPS) is 14.2. The zero-order valence-corrected chi connectivity index (χ0v) is 19.4. The Kier molecular flexibility index (Phi) is 11.7. The number of ether oxygens (including phenoxy) is 2. The van der Waals surface area contributed by atoms with Crippen LogP contribution in [-0.2, 0) is 11.3 Å². The van der Waals surface area contributed by atoms with Crippen LogP contribution < -0.4 is 25.4 Å².